The molecule has 25 heavy (non-hydrogen) atoms. The van der Waals surface area contributed by atoms with Gasteiger partial charge in [-0.05, 0) is 31.2 Å². The molecule has 0 radical (unpaired) electrons. The first-order valence-electron chi connectivity index (χ1n) is 7.65. The van der Waals surface area contributed by atoms with E-state index in [-0.39, 0.29) is 19.1 Å². The van der Waals surface area contributed by atoms with Crippen LogP contribution in [-0.2, 0) is 0 Å². The fraction of sp³-hybridized carbons (Fsp3) is 0.263. The second kappa shape index (κ2) is 9.18. The van der Waals surface area contributed by atoms with Gasteiger partial charge >= 0.3 is 0 Å². The number of aryl methyl sites for hydroxylation is 1. The van der Waals surface area contributed by atoms with Gasteiger partial charge < -0.3 is 19.5 Å². The summed E-state index contributed by atoms with van der Waals surface area (Å²) in [5, 5.41) is 2.72. The minimum Gasteiger partial charge on any atom is -0.497 e. The number of benzene rings is 1. The van der Waals surface area contributed by atoms with Crippen LogP contribution in [0.2, 0.25) is 0 Å². The molecule has 2 aromatic rings. The first-order valence-corrected chi connectivity index (χ1v) is 7.65. The SMILES string of the molecule is COc1ccc(C(=O)NCC#CCOc2ccc(C)nc2)c(OC)c1. The van der Waals surface area contributed by atoms with Crippen molar-refractivity contribution in [1.29, 1.82) is 0 Å². The average Bonchev–Trinajstić information content (AvgIpc) is 2.65. The Kier molecular flexibility index (Phi) is 6.66. The van der Waals surface area contributed by atoms with Gasteiger partial charge in [0.25, 0.3) is 5.91 Å². The predicted molar refractivity (Wildman–Crippen MR) is 94.1 cm³/mol. The molecule has 1 aromatic heterocycles. The van der Waals surface area contributed by atoms with Crippen molar-refractivity contribution < 1.29 is 19.0 Å². The molecule has 2 rings (SSSR count). The number of hydrogen-bond donors (Lipinski definition) is 1. The summed E-state index contributed by atoms with van der Waals surface area (Å²) in [4.78, 5) is 16.3. The van der Waals surface area contributed by atoms with E-state index in [1.165, 1.54) is 7.11 Å². The summed E-state index contributed by atoms with van der Waals surface area (Å²) in [6.45, 7) is 2.35. The van der Waals surface area contributed by atoms with Gasteiger partial charge in [0, 0.05) is 11.8 Å². The van der Waals surface area contributed by atoms with Crippen molar-refractivity contribution in [2.24, 2.45) is 0 Å². The molecule has 0 atom stereocenters. The smallest absolute Gasteiger partial charge is 0.255 e. The average molecular weight is 340 g/mol. The van der Waals surface area contributed by atoms with Crippen molar-refractivity contribution in [3.05, 3.63) is 47.8 Å². The van der Waals surface area contributed by atoms with Gasteiger partial charge in [0.2, 0.25) is 0 Å². The zero-order valence-electron chi connectivity index (χ0n) is 14.5. The fourth-order valence-corrected chi connectivity index (χ4v) is 1.98. The van der Waals surface area contributed by atoms with Crippen molar-refractivity contribution in [3.63, 3.8) is 0 Å². The van der Waals surface area contributed by atoms with Crippen LogP contribution in [0.5, 0.6) is 17.2 Å². The Bertz CT molecular complexity index is 776. The summed E-state index contributed by atoms with van der Waals surface area (Å²) >= 11 is 0. The van der Waals surface area contributed by atoms with E-state index < -0.39 is 0 Å². The highest BCUT2D eigenvalue weighted by Crippen LogP contribution is 2.24. The molecule has 6 heteroatoms. The number of hydrogen-bond acceptors (Lipinski definition) is 5. The Morgan fingerprint density at radius 2 is 1.92 bits per heavy atom. The van der Waals surface area contributed by atoms with Crippen LogP contribution in [0.3, 0.4) is 0 Å². The van der Waals surface area contributed by atoms with Crippen molar-refractivity contribution in [1.82, 2.24) is 10.3 Å². The first-order chi connectivity index (χ1) is 12.1. The van der Waals surface area contributed by atoms with E-state index in [9.17, 15) is 4.79 Å². The number of nitrogens with zero attached hydrogens (tertiary/aromatic N) is 1. The summed E-state index contributed by atoms with van der Waals surface area (Å²) < 4.78 is 15.7. The Balaban J connectivity index is 1.82. The van der Waals surface area contributed by atoms with E-state index in [0.717, 1.165) is 5.69 Å². The normalized spacial score (nSPS) is 9.56. The Morgan fingerprint density at radius 1 is 1.12 bits per heavy atom. The van der Waals surface area contributed by atoms with Gasteiger partial charge in [-0.2, -0.15) is 0 Å². The molecule has 6 nitrogen and oxygen atoms in total. The number of aromatic nitrogens is 1. The lowest BCUT2D eigenvalue weighted by Gasteiger charge is -2.09. The second-order valence-electron chi connectivity index (χ2n) is 5.03. The van der Waals surface area contributed by atoms with Crippen LogP contribution in [-0.4, -0.2) is 38.3 Å². The van der Waals surface area contributed by atoms with Crippen molar-refractivity contribution in [2.75, 3.05) is 27.4 Å². The molecule has 1 heterocycles. The molecule has 1 amide bonds. The van der Waals surface area contributed by atoms with E-state index in [1.54, 1.807) is 31.5 Å². The number of nitrogens with one attached hydrogen (secondary N) is 1. The number of ether oxygens (including phenoxy) is 3. The Labute approximate surface area is 147 Å². The maximum atomic E-state index is 12.2. The summed E-state index contributed by atoms with van der Waals surface area (Å²) in [5.41, 5.74) is 1.35. The quantitative estimate of drug-likeness (QED) is 0.817. The van der Waals surface area contributed by atoms with Crippen molar-refractivity contribution in [2.45, 2.75) is 6.92 Å². The van der Waals surface area contributed by atoms with E-state index in [4.69, 9.17) is 14.2 Å². The third-order valence-electron chi connectivity index (χ3n) is 3.31. The first kappa shape index (κ1) is 18.1. The zero-order valence-corrected chi connectivity index (χ0v) is 14.5. The van der Waals surface area contributed by atoms with Crippen molar-refractivity contribution in [3.8, 4) is 29.1 Å². The summed E-state index contributed by atoms with van der Waals surface area (Å²) in [6.07, 6.45) is 1.65. The Morgan fingerprint density at radius 3 is 2.60 bits per heavy atom. The third-order valence-corrected chi connectivity index (χ3v) is 3.31. The summed E-state index contributed by atoms with van der Waals surface area (Å²) in [5.74, 6) is 7.13. The lowest BCUT2D eigenvalue weighted by atomic mass is 10.1. The molecule has 0 aliphatic carbocycles. The molecule has 0 fully saturated rings. The molecule has 1 N–H and O–H groups in total. The second-order valence-corrected chi connectivity index (χ2v) is 5.03. The summed E-state index contributed by atoms with van der Waals surface area (Å²) in [6, 6.07) is 8.71. The van der Waals surface area contributed by atoms with Gasteiger partial charge in [-0.3, -0.25) is 9.78 Å². The molecule has 0 bridgehead atoms. The number of amides is 1. The maximum absolute atomic E-state index is 12.2. The molecular weight excluding hydrogens is 320 g/mol. The highest BCUT2D eigenvalue weighted by Gasteiger charge is 2.12. The number of methoxy groups -OCH3 is 2. The fourth-order valence-electron chi connectivity index (χ4n) is 1.98. The van der Waals surface area contributed by atoms with Gasteiger partial charge in [-0.25, -0.2) is 0 Å². The number of rotatable bonds is 6. The lowest BCUT2D eigenvalue weighted by molar-refractivity contribution is 0.0955. The number of carbonyl (C=O) groups excluding carboxylic acids is 1. The van der Waals surface area contributed by atoms with Gasteiger partial charge in [0.15, 0.2) is 0 Å². The highest BCUT2D eigenvalue weighted by atomic mass is 16.5. The van der Waals surface area contributed by atoms with Crippen LogP contribution in [0.15, 0.2) is 36.5 Å². The third kappa shape index (κ3) is 5.43. The summed E-state index contributed by atoms with van der Waals surface area (Å²) in [7, 11) is 3.06. The van der Waals surface area contributed by atoms with Crippen molar-refractivity contribution >= 4 is 5.91 Å². The zero-order chi connectivity index (χ0) is 18.1. The van der Waals surface area contributed by atoms with Gasteiger partial charge in [-0.1, -0.05) is 11.8 Å². The minimum absolute atomic E-state index is 0.212. The molecule has 130 valence electrons. The van der Waals surface area contributed by atoms with Crippen LogP contribution >= 0.6 is 0 Å². The molecule has 0 saturated heterocycles. The minimum atomic E-state index is -0.266. The predicted octanol–water partition coefficient (Wildman–Crippen LogP) is 2.22. The molecule has 0 aliphatic rings. The molecule has 0 spiro atoms. The van der Waals surface area contributed by atoms with Crippen LogP contribution in [0.1, 0.15) is 16.1 Å². The molecule has 1 aromatic carbocycles. The Hall–Kier alpha value is -3.20. The van der Waals surface area contributed by atoms with E-state index >= 15 is 0 Å². The monoisotopic (exact) mass is 340 g/mol. The molecule has 0 saturated carbocycles. The largest absolute Gasteiger partial charge is 0.497 e. The van der Waals surface area contributed by atoms with Gasteiger partial charge in [0.1, 0.15) is 23.9 Å². The standard InChI is InChI=1S/C19H20N2O4/c1-14-6-7-16(13-21-14)25-11-5-4-10-20-19(22)17-9-8-15(23-2)12-18(17)24-3/h6-9,12-13H,10-11H2,1-3H3,(H,20,22). The lowest BCUT2D eigenvalue weighted by Crippen LogP contribution is -2.24. The van der Waals surface area contributed by atoms with E-state index in [0.29, 0.717) is 22.8 Å². The van der Waals surface area contributed by atoms with Gasteiger partial charge in [0.05, 0.1) is 32.5 Å². The topological polar surface area (TPSA) is 69.7 Å². The van der Waals surface area contributed by atoms with Crippen LogP contribution in [0, 0.1) is 18.8 Å². The highest BCUT2D eigenvalue weighted by molar-refractivity contribution is 5.97. The van der Waals surface area contributed by atoms with E-state index in [1.807, 2.05) is 19.1 Å². The molecule has 0 unspecified atom stereocenters. The van der Waals surface area contributed by atoms with Gasteiger partial charge in [-0.15, -0.1) is 0 Å². The number of carbonyl (C=O) groups is 1. The van der Waals surface area contributed by atoms with Crippen LogP contribution in [0.4, 0.5) is 0 Å². The number of pyridine rings is 1. The molecule has 0 aliphatic heterocycles. The van der Waals surface area contributed by atoms with E-state index in [2.05, 4.69) is 22.1 Å². The van der Waals surface area contributed by atoms with Crippen LogP contribution < -0.4 is 19.5 Å². The molecular formula is C19H20N2O4. The van der Waals surface area contributed by atoms with Crippen LogP contribution in [0.25, 0.3) is 0 Å². The maximum Gasteiger partial charge on any atom is 0.255 e.